The molecule has 2 aromatic rings. The van der Waals surface area contributed by atoms with Gasteiger partial charge in [-0.05, 0) is 61.2 Å². The molecule has 1 aliphatic rings. The summed E-state index contributed by atoms with van der Waals surface area (Å²) in [4.78, 5) is 13.7. The monoisotopic (exact) mass is 415 g/mol. The fraction of sp³-hybridized carbons (Fsp3) is 0.350. The van der Waals surface area contributed by atoms with Crippen LogP contribution >= 0.6 is 23.6 Å². The second-order valence-electron chi connectivity index (χ2n) is 6.65. The summed E-state index contributed by atoms with van der Waals surface area (Å²) in [6.45, 7) is 2.22. The van der Waals surface area contributed by atoms with E-state index in [1.165, 1.54) is 19.1 Å². The number of hydrogen-bond acceptors (Lipinski definition) is 6. The molecule has 1 aliphatic carbocycles. The summed E-state index contributed by atoms with van der Waals surface area (Å²) in [6.07, 6.45) is 2.96. The van der Waals surface area contributed by atoms with E-state index in [-0.39, 0.29) is 11.0 Å². The van der Waals surface area contributed by atoms with Gasteiger partial charge in [0.2, 0.25) is 0 Å². The second kappa shape index (κ2) is 8.59. The maximum absolute atomic E-state index is 12.5. The molecule has 0 spiro atoms. The zero-order chi connectivity index (χ0) is 20.3. The van der Waals surface area contributed by atoms with Gasteiger partial charge >= 0.3 is 0 Å². The maximum atomic E-state index is 12.5. The Morgan fingerprint density at radius 3 is 2.75 bits per heavy atom. The minimum absolute atomic E-state index is 0.155. The van der Waals surface area contributed by atoms with Crippen molar-refractivity contribution in [1.82, 2.24) is 5.32 Å². The number of fused-ring (bicyclic) bond motifs is 1. The van der Waals surface area contributed by atoms with Crippen molar-refractivity contribution in [3.05, 3.63) is 39.8 Å². The molecule has 6 nitrogen and oxygen atoms in total. The molecule has 1 aromatic heterocycles. The molecule has 0 aliphatic heterocycles. The standard InChI is InChI=1S/C20H21N3O3S2/c1-11-4-6-13-14(10-21)19(28-17(13)8-11)23-20(27)22-18(24)12-5-7-15(25-2)16(9-12)26-3/h5,7,9,11H,4,6,8H2,1-3H3,(H2,22,23,24,27)/t11-/m0/s1. The fourth-order valence-corrected chi connectivity index (χ4v) is 4.87. The zero-order valence-corrected chi connectivity index (χ0v) is 17.6. The molecule has 0 saturated carbocycles. The number of benzene rings is 1. The molecular weight excluding hydrogens is 394 g/mol. The highest BCUT2D eigenvalue weighted by molar-refractivity contribution is 7.80. The van der Waals surface area contributed by atoms with Crippen LogP contribution in [0.3, 0.4) is 0 Å². The van der Waals surface area contributed by atoms with Gasteiger partial charge in [-0.1, -0.05) is 6.92 Å². The lowest BCUT2D eigenvalue weighted by Crippen LogP contribution is -2.34. The highest BCUT2D eigenvalue weighted by Gasteiger charge is 2.24. The van der Waals surface area contributed by atoms with Gasteiger partial charge in [0, 0.05) is 10.4 Å². The van der Waals surface area contributed by atoms with Crippen LogP contribution in [0.5, 0.6) is 11.5 Å². The van der Waals surface area contributed by atoms with Crippen LogP contribution in [-0.2, 0) is 12.8 Å². The van der Waals surface area contributed by atoms with E-state index in [2.05, 4.69) is 23.6 Å². The van der Waals surface area contributed by atoms with Crippen LogP contribution in [0, 0.1) is 17.2 Å². The van der Waals surface area contributed by atoms with Crippen molar-refractivity contribution in [1.29, 1.82) is 5.26 Å². The van der Waals surface area contributed by atoms with E-state index in [1.54, 1.807) is 29.5 Å². The highest BCUT2D eigenvalue weighted by Crippen LogP contribution is 2.39. The SMILES string of the molecule is COc1ccc(C(=O)NC(=S)Nc2sc3c(c2C#N)CC[C@H](C)C3)cc1OC. The molecule has 2 N–H and O–H groups in total. The van der Waals surface area contributed by atoms with Crippen LogP contribution in [0.2, 0.25) is 0 Å². The van der Waals surface area contributed by atoms with E-state index in [0.29, 0.717) is 33.5 Å². The molecule has 1 atom stereocenters. The van der Waals surface area contributed by atoms with Crippen LogP contribution in [0.15, 0.2) is 18.2 Å². The maximum Gasteiger partial charge on any atom is 0.257 e. The number of hydrogen-bond donors (Lipinski definition) is 2. The number of anilines is 1. The van der Waals surface area contributed by atoms with Crippen molar-refractivity contribution in [2.75, 3.05) is 19.5 Å². The Labute approximate surface area is 173 Å². The Bertz CT molecular complexity index is 962. The molecular formula is C20H21N3O3S2. The van der Waals surface area contributed by atoms with Gasteiger partial charge in [0.05, 0.1) is 19.8 Å². The van der Waals surface area contributed by atoms with Crippen molar-refractivity contribution in [2.24, 2.45) is 5.92 Å². The molecule has 28 heavy (non-hydrogen) atoms. The summed E-state index contributed by atoms with van der Waals surface area (Å²) in [5.41, 5.74) is 2.14. The Hall–Kier alpha value is -2.63. The number of rotatable bonds is 4. The third kappa shape index (κ3) is 4.11. The zero-order valence-electron chi connectivity index (χ0n) is 15.9. The van der Waals surface area contributed by atoms with Crippen molar-refractivity contribution in [2.45, 2.75) is 26.2 Å². The van der Waals surface area contributed by atoms with Crippen molar-refractivity contribution in [3.8, 4) is 17.6 Å². The lowest BCUT2D eigenvalue weighted by Gasteiger charge is -2.17. The van der Waals surface area contributed by atoms with E-state index < -0.39 is 0 Å². The van der Waals surface area contributed by atoms with Crippen LogP contribution in [0.1, 0.15) is 39.7 Å². The first-order valence-electron chi connectivity index (χ1n) is 8.85. The summed E-state index contributed by atoms with van der Waals surface area (Å²) in [6, 6.07) is 7.16. The van der Waals surface area contributed by atoms with Gasteiger partial charge in [-0.3, -0.25) is 10.1 Å². The average molecular weight is 416 g/mol. The van der Waals surface area contributed by atoms with Gasteiger partial charge in [0.1, 0.15) is 11.1 Å². The average Bonchev–Trinajstić information content (AvgIpc) is 3.02. The summed E-state index contributed by atoms with van der Waals surface area (Å²) in [7, 11) is 3.04. The number of amides is 1. The minimum Gasteiger partial charge on any atom is -0.493 e. The number of methoxy groups -OCH3 is 2. The lowest BCUT2D eigenvalue weighted by atomic mass is 9.89. The largest absolute Gasteiger partial charge is 0.493 e. The Balaban J connectivity index is 1.73. The minimum atomic E-state index is -0.369. The van der Waals surface area contributed by atoms with E-state index in [1.807, 2.05) is 0 Å². The Morgan fingerprint density at radius 2 is 2.07 bits per heavy atom. The molecule has 0 radical (unpaired) electrons. The van der Waals surface area contributed by atoms with E-state index in [9.17, 15) is 10.1 Å². The topological polar surface area (TPSA) is 83.4 Å². The lowest BCUT2D eigenvalue weighted by molar-refractivity contribution is 0.0977. The summed E-state index contributed by atoms with van der Waals surface area (Å²) < 4.78 is 10.4. The molecule has 8 heteroatoms. The number of carbonyl (C=O) groups is 1. The van der Waals surface area contributed by atoms with Gasteiger partial charge in [0.25, 0.3) is 5.91 Å². The highest BCUT2D eigenvalue weighted by atomic mass is 32.1. The van der Waals surface area contributed by atoms with Gasteiger partial charge in [-0.25, -0.2) is 0 Å². The molecule has 146 valence electrons. The number of nitrogens with zero attached hydrogens (tertiary/aromatic N) is 1. The van der Waals surface area contributed by atoms with Crippen LogP contribution < -0.4 is 20.1 Å². The third-order valence-corrected chi connectivity index (χ3v) is 6.10. The fourth-order valence-electron chi connectivity index (χ4n) is 3.24. The van der Waals surface area contributed by atoms with Crippen LogP contribution in [0.4, 0.5) is 5.00 Å². The Kier molecular flexibility index (Phi) is 6.17. The van der Waals surface area contributed by atoms with Crippen LogP contribution in [-0.4, -0.2) is 25.2 Å². The number of carbonyl (C=O) groups excluding carboxylic acids is 1. The number of ether oxygens (including phenoxy) is 2. The molecule has 0 unspecified atom stereocenters. The van der Waals surface area contributed by atoms with Gasteiger partial charge in [-0.15, -0.1) is 11.3 Å². The number of thiophene rings is 1. The van der Waals surface area contributed by atoms with E-state index in [0.717, 1.165) is 24.8 Å². The summed E-state index contributed by atoms with van der Waals surface area (Å²) >= 11 is 6.84. The first-order chi connectivity index (χ1) is 13.5. The summed E-state index contributed by atoms with van der Waals surface area (Å²) in [5, 5.41) is 16.1. The van der Waals surface area contributed by atoms with E-state index >= 15 is 0 Å². The van der Waals surface area contributed by atoms with Crippen molar-refractivity contribution < 1.29 is 14.3 Å². The predicted octanol–water partition coefficient (Wildman–Crippen LogP) is 3.89. The molecule has 1 amide bonds. The Morgan fingerprint density at radius 1 is 1.32 bits per heavy atom. The number of nitriles is 1. The molecule has 3 rings (SSSR count). The van der Waals surface area contributed by atoms with Gasteiger partial charge in [-0.2, -0.15) is 5.26 Å². The summed E-state index contributed by atoms with van der Waals surface area (Å²) in [5.74, 6) is 1.24. The number of thiocarbonyl (C=S) groups is 1. The normalized spacial score (nSPS) is 15.1. The van der Waals surface area contributed by atoms with Gasteiger partial charge in [0.15, 0.2) is 16.6 Å². The quantitative estimate of drug-likeness (QED) is 0.737. The molecule has 0 saturated heterocycles. The molecule has 1 heterocycles. The molecule has 0 fully saturated rings. The second-order valence-corrected chi connectivity index (χ2v) is 8.16. The molecule has 1 aromatic carbocycles. The van der Waals surface area contributed by atoms with Crippen LogP contribution in [0.25, 0.3) is 0 Å². The first-order valence-corrected chi connectivity index (χ1v) is 10.1. The van der Waals surface area contributed by atoms with Crippen molar-refractivity contribution in [3.63, 3.8) is 0 Å². The number of nitrogens with one attached hydrogen (secondary N) is 2. The smallest absolute Gasteiger partial charge is 0.257 e. The first kappa shape index (κ1) is 20.1. The van der Waals surface area contributed by atoms with Crippen molar-refractivity contribution >= 4 is 39.6 Å². The predicted molar refractivity (Wildman–Crippen MR) is 113 cm³/mol. The molecule has 0 bridgehead atoms. The third-order valence-electron chi connectivity index (χ3n) is 4.72. The van der Waals surface area contributed by atoms with Gasteiger partial charge < -0.3 is 14.8 Å². The van der Waals surface area contributed by atoms with E-state index in [4.69, 9.17) is 21.7 Å².